The summed E-state index contributed by atoms with van der Waals surface area (Å²) in [6.07, 6.45) is 1.41. The number of methoxy groups -OCH3 is 1. The van der Waals surface area contributed by atoms with Crippen LogP contribution in [0.4, 0.5) is 0 Å². The number of nitrogens with one attached hydrogen (secondary N) is 1. The molecule has 1 rings (SSSR count). The van der Waals surface area contributed by atoms with E-state index in [0.717, 1.165) is 0 Å². The number of ether oxygens (including phenoxy) is 1. The number of hydrogen-bond acceptors (Lipinski definition) is 4. The molecule has 6 heteroatoms. The average Bonchev–Trinajstić information content (AvgIpc) is 2.25. The smallest absolute Gasteiger partial charge is 0.325 e. The number of halogens is 1. The minimum absolute atomic E-state index is 0.171. The van der Waals surface area contributed by atoms with Gasteiger partial charge in [0.15, 0.2) is 0 Å². The van der Waals surface area contributed by atoms with Crippen molar-refractivity contribution >= 4 is 23.5 Å². The van der Waals surface area contributed by atoms with Crippen molar-refractivity contribution in [1.29, 1.82) is 0 Å². The Labute approximate surface area is 91.4 Å². The van der Waals surface area contributed by atoms with Crippen LogP contribution in [0.15, 0.2) is 18.3 Å². The van der Waals surface area contributed by atoms with E-state index in [0.29, 0.717) is 5.56 Å². The van der Waals surface area contributed by atoms with E-state index in [9.17, 15) is 9.59 Å². The predicted octanol–water partition coefficient (Wildman–Crippen LogP) is 0.638. The monoisotopic (exact) mass is 228 g/mol. The first kappa shape index (κ1) is 11.5. The lowest BCUT2D eigenvalue weighted by Gasteiger charge is -2.03. The fourth-order valence-corrected chi connectivity index (χ4v) is 1.04. The van der Waals surface area contributed by atoms with Gasteiger partial charge >= 0.3 is 5.97 Å². The van der Waals surface area contributed by atoms with Crippen molar-refractivity contribution in [3.05, 3.63) is 29.0 Å². The van der Waals surface area contributed by atoms with Crippen molar-refractivity contribution in [2.24, 2.45) is 0 Å². The molecule has 0 aromatic carbocycles. The Kier molecular flexibility index (Phi) is 4.05. The molecule has 0 saturated heterocycles. The molecule has 1 N–H and O–H groups in total. The van der Waals surface area contributed by atoms with Gasteiger partial charge in [0.1, 0.15) is 11.7 Å². The maximum atomic E-state index is 11.4. The van der Waals surface area contributed by atoms with Gasteiger partial charge in [0.25, 0.3) is 5.91 Å². The molecule has 0 aliphatic rings. The highest BCUT2D eigenvalue weighted by atomic mass is 35.5. The molecular formula is C9H9ClN2O3. The third-order valence-electron chi connectivity index (χ3n) is 1.61. The Morgan fingerprint density at radius 2 is 2.33 bits per heavy atom. The minimum Gasteiger partial charge on any atom is -0.468 e. The molecule has 1 amide bonds. The number of carbonyl (C=O) groups excluding carboxylic acids is 2. The Morgan fingerprint density at radius 3 is 2.93 bits per heavy atom. The summed E-state index contributed by atoms with van der Waals surface area (Å²) in [7, 11) is 1.25. The molecule has 0 aliphatic carbocycles. The summed E-state index contributed by atoms with van der Waals surface area (Å²) >= 11 is 5.60. The van der Waals surface area contributed by atoms with Gasteiger partial charge in [-0.3, -0.25) is 9.59 Å². The van der Waals surface area contributed by atoms with Gasteiger partial charge < -0.3 is 10.1 Å². The average molecular weight is 229 g/mol. The van der Waals surface area contributed by atoms with Gasteiger partial charge in [-0.05, 0) is 12.1 Å². The summed E-state index contributed by atoms with van der Waals surface area (Å²) in [6.45, 7) is -0.171. The second kappa shape index (κ2) is 5.31. The Hall–Kier alpha value is -1.62. The number of rotatable bonds is 3. The van der Waals surface area contributed by atoms with Gasteiger partial charge in [0.05, 0.1) is 7.11 Å². The molecule has 0 bridgehead atoms. The molecule has 0 aliphatic heterocycles. The minimum atomic E-state index is -0.511. The van der Waals surface area contributed by atoms with E-state index in [1.165, 1.54) is 25.4 Å². The molecule has 1 aromatic heterocycles. The zero-order chi connectivity index (χ0) is 11.3. The molecule has 0 radical (unpaired) electrons. The van der Waals surface area contributed by atoms with Gasteiger partial charge in [-0.2, -0.15) is 0 Å². The molecule has 1 aromatic rings. The van der Waals surface area contributed by atoms with Crippen LogP contribution < -0.4 is 5.32 Å². The largest absolute Gasteiger partial charge is 0.468 e. The van der Waals surface area contributed by atoms with E-state index in [1.54, 1.807) is 0 Å². The quantitative estimate of drug-likeness (QED) is 0.609. The maximum absolute atomic E-state index is 11.4. The van der Waals surface area contributed by atoms with Gasteiger partial charge in [-0.1, -0.05) is 11.6 Å². The number of pyridine rings is 1. The molecular weight excluding hydrogens is 220 g/mol. The highest BCUT2D eigenvalue weighted by molar-refractivity contribution is 6.29. The molecule has 0 saturated carbocycles. The summed E-state index contributed by atoms with van der Waals surface area (Å²) in [4.78, 5) is 25.9. The second-order valence-electron chi connectivity index (χ2n) is 2.63. The van der Waals surface area contributed by atoms with Crippen LogP contribution in [0.3, 0.4) is 0 Å². The molecule has 0 atom stereocenters. The SMILES string of the molecule is COC(=O)CNC(=O)c1ccnc(Cl)c1. The zero-order valence-electron chi connectivity index (χ0n) is 7.99. The molecule has 0 spiro atoms. The first-order valence-electron chi connectivity index (χ1n) is 4.10. The lowest BCUT2D eigenvalue weighted by atomic mass is 10.2. The van der Waals surface area contributed by atoms with Crippen molar-refractivity contribution in [2.45, 2.75) is 0 Å². The molecule has 0 fully saturated rings. The van der Waals surface area contributed by atoms with Crippen LogP contribution in [0.5, 0.6) is 0 Å². The lowest BCUT2D eigenvalue weighted by Crippen LogP contribution is -2.30. The van der Waals surface area contributed by atoms with Crippen LogP contribution in [-0.2, 0) is 9.53 Å². The number of amides is 1. The van der Waals surface area contributed by atoms with Crippen LogP contribution in [0, 0.1) is 0 Å². The van der Waals surface area contributed by atoms with Crippen LogP contribution in [0.1, 0.15) is 10.4 Å². The first-order chi connectivity index (χ1) is 7.13. The fraction of sp³-hybridized carbons (Fsp3) is 0.222. The summed E-state index contributed by atoms with van der Waals surface area (Å²) in [5, 5.41) is 2.60. The van der Waals surface area contributed by atoms with Crippen LogP contribution in [0.2, 0.25) is 5.15 Å². The standard InChI is InChI=1S/C9H9ClN2O3/c1-15-8(13)5-12-9(14)6-2-3-11-7(10)4-6/h2-4H,5H2,1H3,(H,12,14). The van der Waals surface area contributed by atoms with Crippen LogP contribution in [-0.4, -0.2) is 30.5 Å². The van der Waals surface area contributed by atoms with Crippen LogP contribution >= 0.6 is 11.6 Å². The number of nitrogens with zero attached hydrogens (tertiary/aromatic N) is 1. The van der Waals surface area contributed by atoms with Crippen molar-refractivity contribution in [1.82, 2.24) is 10.3 Å². The second-order valence-corrected chi connectivity index (χ2v) is 3.01. The van der Waals surface area contributed by atoms with Gasteiger partial charge in [-0.25, -0.2) is 4.98 Å². The maximum Gasteiger partial charge on any atom is 0.325 e. The Balaban J connectivity index is 2.58. The van der Waals surface area contributed by atoms with Crippen molar-refractivity contribution in [3.63, 3.8) is 0 Å². The van der Waals surface area contributed by atoms with Gasteiger partial charge in [-0.15, -0.1) is 0 Å². The van der Waals surface area contributed by atoms with E-state index >= 15 is 0 Å². The summed E-state index contributed by atoms with van der Waals surface area (Å²) in [6, 6.07) is 2.91. The molecule has 80 valence electrons. The van der Waals surface area contributed by atoms with E-state index in [-0.39, 0.29) is 11.7 Å². The summed E-state index contributed by atoms with van der Waals surface area (Å²) in [5.74, 6) is -0.909. The predicted molar refractivity (Wildman–Crippen MR) is 53.6 cm³/mol. The topological polar surface area (TPSA) is 68.3 Å². The zero-order valence-corrected chi connectivity index (χ0v) is 8.75. The third kappa shape index (κ3) is 3.55. The Bertz CT molecular complexity index is 381. The van der Waals surface area contributed by atoms with E-state index in [2.05, 4.69) is 15.0 Å². The van der Waals surface area contributed by atoms with Crippen molar-refractivity contribution in [2.75, 3.05) is 13.7 Å². The van der Waals surface area contributed by atoms with Crippen LogP contribution in [0.25, 0.3) is 0 Å². The molecule has 0 unspecified atom stereocenters. The van der Waals surface area contributed by atoms with E-state index in [4.69, 9.17) is 11.6 Å². The molecule has 15 heavy (non-hydrogen) atoms. The molecule has 5 nitrogen and oxygen atoms in total. The fourth-order valence-electron chi connectivity index (χ4n) is 0.870. The van der Waals surface area contributed by atoms with Crippen molar-refractivity contribution in [3.8, 4) is 0 Å². The highest BCUT2D eigenvalue weighted by Gasteiger charge is 2.08. The number of esters is 1. The molecule has 1 heterocycles. The van der Waals surface area contributed by atoms with Gasteiger partial charge in [0, 0.05) is 11.8 Å². The number of aromatic nitrogens is 1. The Morgan fingerprint density at radius 1 is 1.60 bits per heavy atom. The van der Waals surface area contributed by atoms with E-state index < -0.39 is 11.9 Å². The summed E-state index contributed by atoms with van der Waals surface area (Å²) < 4.78 is 4.37. The first-order valence-corrected chi connectivity index (χ1v) is 4.48. The lowest BCUT2D eigenvalue weighted by molar-refractivity contribution is -0.139. The number of carbonyl (C=O) groups is 2. The third-order valence-corrected chi connectivity index (χ3v) is 1.82. The number of hydrogen-bond donors (Lipinski definition) is 1. The normalized spacial score (nSPS) is 9.47. The summed E-state index contributed by atoms with van der Waals surface area (Å²) in [5.41, 5.74) is 0.346. The van der Waals surface area contributed by atoms with Gasteiger partial charge in [0.2, 0.25) is 0 Å². The van der Waals surface area contributed by atoms with E-state index in [1.807, 2.05) is 0 Å². The highest BCUT2D eigenvalue weighted by Crippen LogP contribution is 2.06. The van der Waals surface area contributed by atoms with Crippen molar-refractivity contribution < 1.29 is 14.3 Å².